The quantitative estimate of drug-likeness (QED) is 0.792. The summed E-state index contributed by atoms with van der Waals surface area (Å²) in [5, 5.41) is 19.0. The van der Waals surface area contributed by atoms with Crippen LogP contribution in [-0.4, -0.2) is 63.8 Å². The predicted octanol–water partition coefficient (Wildman–Crippen LogP) is 0.994. The van der Waals surface area contributed by atoms with Crippen LogP contribution in [0.25, 0.3) is 0 Å². The fourth-order valence-corrected chi connectivity index (χ4v) is 3.32. The average molecular weight is 284 g/mol. The summed E-state index contributed by atoms with van der Waals surface area (Å²) in [5.41, 5.74) is 0. The lowest BCUT2D eigenvalue weighted by Gasteiger charge is -2.39. The van der Waals surface area contributed by atoms with Crippen LogP contribution >= 0.6 is 0 Å². The van der Waals surface area contributed by atoms with Crippen molar-refractivity contribution in [3.63, 3.8) is 0 Å². The van der Waals surface area contributed by atoms with Gasteiger partial charge in [-0.2, -0.15) is 0 Å². The summed E-state index contributed by atoms with van der Waals surface area (Å²) >= 11 is 0. The van der Waals surface area contributed by atoms with Gasteiger partial charge in [0.2, 0.25) is 0 Å². The average Bonchev–Trinajstić information content (AvgIpc) is 2.86. The van der Waals surface area contributed by atoms with Gasteiger partial charge < -0.3 is 20.0 Å². The van der Waals surface area contributed by atoms with Crippen molar-refractivity contribution in [3.8, 4) is 0 Å². The molecule has 2 heterocycles. The highest BCUT2D eigenvalue weighted by atomic mass is 16.4. The van der Waals surface area contributed by atoms with Crippen molar-refractivity contribution in [1.82, 2.24) is 9.80 Å². The zero-order chi connectivity index (χ0) is 14.9. The summed E-state index contributed by atoms with van der Waals surface area (Å²) in [7, 11) is 0. The minimum Gasteiger partial charge on any atom is -0.480 e. The number of hydrogen-bond acceptors (Lipinski definition) is 3. The van der Waals surface area contributed by atoms with E-state index in [1.807, 2.05) is 6.92 Å². The predicted molar refractivity (Wildman–Crippen MR) is 73.3 cm³/mol. The third-order valence-corrected chi connectivity index (χ3v) is 4.61. The van der Waals surface area contributed by atoms with Crippen molar-refractivity contribution >= 4 is 12.0 Å². The molecule has 6 nitrogen and oxygen atoms in total. The lowest BCUT2D eigenvalue weighted by atomic mass is 9.91. The van der Waals surface area contributed by atoms with Crippen molar-refractivity contribution < 1.29 is 19.8 Å². The van der Waals surface area contributed by atoms with Crippen LogP contribution in [0.1, 0.15) is 33.1 Å². The summed E-state index contributed by atoms with van der Waals surface area (Å²) < 4.78 is 0. The van der Waals surface area contributed by atoms with Gasteiger partial charge in [-0.05, 0) is 32.1 Å². The number of rotatable bonds is 2. The summed E-state index contributed by atoms with van der Waals surface area (Å²) in [6.07, 6.45) is 2.05. The molecule has 2 aliphatic rings. The number of aliphatic carboxylic acids is 1. The number of aliphatic hydroxyl groups is 1. The summed E-state index contributed by atoms with van der Waals surface area (Å²) in [6, 6.07) is -0.908. The maximum Gasteiger partial charge on any atom is 0.326 e. The normalized spacial score (nSPS) is 32.2. The van der Waals surface area contributed by atoms with Crippen molar-refractivity contribution in [2.45, 2.75) is 45.3 Å². The Bertz CT molecular complexity index is 385. The van der Waals surface area contributed by atoms with E-state index in [0.717, 1.165) is 19.3 Å². The lowest BCUT2D eigenvalue weighted by molar-refractivity contribution is -0.145. The number of urea groups is 1. The van der Waals surface area contributed by atoms with Crippen molar-refractivity contribution in [2.75, 3.05) is 19.6 Å². The van der Waals surface area contributed by atoms with Gasteiger partial charge in [0.1, 0.15) is 6.04 Å². The Balaban J connectivity index is 2.06. The standard InChI is InChI=1S/C14H24N2O4/c1-9-4-3-6-16(12(9)13(18)19)14(20)15-7-5-11(8-15)10(2)17/h9-12,17H,3-8H2,1-2H3,(H,18,19). The van der Waals surface area contributed by atoms with Gasteiger partial charge in [0.05, 0.1) is 6.10 Å². The van der Waals surface area contributed by atoms with Crippen molar-refractivity contribution in [3.05, 3.63) is 0 Å². The van der Waals surface area contributed by atoms with E-state index < -0.39 is 18.1 Å². The number of aliphatic hydroxyl groups excluding tert-OH is 1. The first-order chi connectivity index (χ1) is 9.41. The number of likely N-dealkylation sites (tertiary alicyclic amines) is 2. The van der Waals surface area contributed by atoms with Gasteiger partial charge in [-0.25, -0.2) is 9.59 Å². The molecule has 2 fully saturated rings. The number of amides is 2. The van der Waals surface area contributed by atoms with E-state index in [-0.39, 0.29) is 17.9 Å². The Morgan fingerprint density at radius 1 is 1.25 bits per heavy atom. The zero-order valence-corrected chi connectivity index (χ0v) is 12.2. The minimum atomic E-state index is -0.920. The summed E-state index contributed by atoms with van der Waals surface area (Å²) in [6.45, 7) is 5.26. The summed E-state index contributed by atoms with van der Waals surface area (Å²) in [4.78, 5) is 27.1. The Hall–Kier alpha value is -1.30. The number of carboxylic acid groups (broad SMARTS) is 1. The molecule has 0 aromatic rings. The maximum atomic E-state index is 12.5. The molecule has 0 aliphatic carbocycles. The first-order valence-corrected chi connectivity index (χ1v) is 7.38. The lowest BCUT2D eigenvalue weighted by Crippen LogP contribution is -2.55. The molecule has 2 aliphatic heterocycles. The first kappa shape index (κ1) is 15.1. The molecule has 0 aromatic carbocycles. The van der Waals surface area contributed by atoms with Crippen LogP contribution in [0.3, 0.4) is 0 Å². The van der Waals surface area contributed by atoms with Crippen LogP contribution in [-0.2, 0) is 4.79 Å². The van der Waals surface area contributed by atoms with Gasteiger partial charge >= 0.3 is 12.0 Å². The van der Waals surface area contributed by atoms with E-state index in [1.165, 1.54) is 4.90 Å². The van der Waals surface area contributed by atoms with Crippen LogP contribution < -0.4 is 0 Å². The molecule has 20 heavy (non-hydrogen) atoms. The fourth-order valence-electron chi connectivity index (χ4n) is 3.32. The monoisotopic (exact) mass is 284 g/mol. The van der Waals surface area contributed by atoms with Crippen LogP contribution in [0.15, 0.2) is 0 Å². The number of carboxylic acids is 1. The molecule has 0 saturated carbocycles. The van der Waals surface area contributed by atoms with Crippen LogP contribution in [0.4, 0.5) is 4.79 Å². The van der Waals surface area contributed by atoms with Gasteiger partial charge in [-0.3, -0.25) is 0 Å². The van der Waals surface area contributed by atoms with Gasteiger partial charge in [-0.15, -0.1) is 0 Å². The second kappa shape index (κ2) is 5.99. The first-order valence-electron chi connectivity index (χ1n) is 7.38. The second-order valence-electron chi connectivity index (χ2n) is 6.11. The molecular formula is C14H24N2O4. The molecule has 2 saturated heterocycles. The molecule has 6 heteroatoms. The molecule has 2 amide bonds. The van der Waals surface area contributed by atoms with E-state index in [2.05, 4.69) is 0 Å². The molecule has 2 N–H and O–H groups in total. The van der Waals surface area contributed by atoms with E-state index in [9.17, 15) is 19.8 Å². The SMILES string of the molecule is CC(O)C1CCN(C(=O)N2CCCC(C)C2C(=O)O)C1. The third-order valence-electron chi connectivity index (χ3n) is 4.61. The number of hydrogen-bond donors (Lipinski definition) is 2. The molecule has 0 radical (unpaired) electrons. The van der Waals surface area contributed by atoms with Gasteiger partial charge in [0.15, 0.2) is 0 Å². The molecule has 4 atom stereocenters. The van der Waals surface area contributed by atoms with Gasteiger partial charge in [0, 0.05) is 25.6 Å². The topological polar surface area (TPSA) is 81.1 Å². The number of nitrogens with zero attached hydrogens (tertiary/aromatic N) is 2. The highest BCUT2D eigenvalue weighted by molar-refractivity contribution is 5.83. The highest BCUT2D eigenvalue weighted by Gasteiger charge is 2.40. The molecular weight excluding hydrogens is 260 g/mol. The van der Waals surface area contributed by atoms with E-state index in [4.69, 9.17) is 0 Å². The molecule has 0 aromatic heterocycles. The Kier molecular flexibility index (Phi) is 4.52. The Morgan fingerprint density at radius 2 is 1.95 bits per heavy atom. The minimum absolute atomic E-state index is 0.0136. The van der Waals surface area contributed by atoms with Crippen LogP contribution in [0, 0.1) is 11.8 Å². The molecule has 0 spiro atoms. The van der Waals surface area contributed by atoms with Crippen LogP contribution in [0.2, 0.25) is 0 Å². The summed E-state index contributed by atoms with van der Waals surface area (Å²) in [5.74, 6) is -0.832. The maximum absolute atomic E-state index is 12.5. The second-order valence-corrected chi connectivity index (χ2v) is 6.11. The Labute approximate surface area is 119 Å². The van der Waals surface area contributed by atoms with E-state index in [0.29, 0.717) is 19.6 Å². The molecule has 4 unspecified atom stereocenters. The Morgan fingerprint density at radius 3 is 2.50 bits per heavy atom. The van der Waals surface area contributed by atoms with Gasteiger partial charge in [0.25, 0.3) is 0 Å². The fraction of sp³-hybridized carbons (Fsp3) is 0.857. The van der Waals surface area contributed by atoms with E-state index >= 15 is 0 Å². The van der Waals surface area contributed by atoms with E-state index in [1.54, 1.807) is 11.8 Å². The molecule has 0 bridgehead atoms. The number of carbonyl (C=O) groups is 2. The largest absolute Gasteiger partial charge is 0.480 e. The number of carbonyl (C=O) groups excluding carboxylic acids is 1. The smallest absolute Gasteiger partial charge is 0.326 e. The third kappa shape index (κ3) is 2.90. The zero-order valence-electron chi connectivity index (χ0n) is 12.2. The molecule has 114 valence electrons. The van der Waals surface area contributed by atoms with Gasteiger partial charge in [-0.1, -0.05) is 6.92 Å². The molecule has 2 rings (SSSR count). The highest BCUT2D eigenvalue weighted by Crippen LogP contribution is 2.27. The van der Waals surface area contributed by atoms with Crippen molar-refractivity contribution in [2.24, 2.45) is 11.8 Å². The number of piperidine rings is 1. The van der Waals surface area contributed by atoms with Crippen LogP contribution in [0.5, 0.6) is 0 Å². The van der Waals surface area contributed by atoms with Crippen molar-refractivity contribution in [1.29, 1.82) is 0 Å².